The van der Waals surface area contributed by atoms with Gasteiger partial charge in [-0.1, -0.05) is 60.2 Å². The van der Waals surface area contributed by atoms with Crippen LogP contribution in [0.15, 0.2) is 84.9 Å². The summed E-state index contributed by atoms with van der Waals surface area (Å²) < 4.78 is 0. The Labute approximate surface area is 207 Å². The molecule has 0 spiro atoms. The molecule has 35 heavy (non-hydrogen) atoms. The zero-order valence-electron chi connectivity index (χ0n) is 19.3. The summed E-state index contributed by atoms with van der Waals surface area (Å²) in [4.78, 5) is 30.7. The number of rotatable bonds is 5. The van der Waals surface area contributed by atoms with E-state index in [4.69, 9.17) is 10.7 Å². The number of benzene rings is 3. The molecular weight excluding hydrogens is 454 g/mol. The average Bonchev–Trinajstić information content (AvgIpc) is 3.21. The van der Waals surface area contributed by atoms with E-state index in [1.165, 1.54) is 23.8 Å². The molecule has 2 aromatic heterocycles. The maximum Gasteiger partial charge on any atom is 0.267 e. The van der Waals surface area contributed by atoms with Gasteiger partial charge in [0.05, 0.1) is 11.4 Å². The van der Waals surface area contributed by atoms with Crippen molar-refractivity contribution in [3.63, 3.8) is 0 Å². The lowest BCUT2D eigenvalue weighted by molar-refractivity contribution is 0.101. The third-order valence-electron chi connectivity index (χ3n) is 5.89. The number of carbonyl (C=O) groups is 2. The van der Waals surface area contributed by atoms with Gasteiger partial charge in [-0.05, 0) is 55.3 Å². The molecule has 172 valence electrons. The van der Waals surface area contributed by atoms with Gasteiger partial charge in [0, 0.05) is 22.2 Å². The fraction of sp³-hybridized carbons (Fsp3) is 0.0690. The number of hydrogen-bond acceptors (Lipinski definition) is 5. The lowest BCUT2D eigenvalue weighted by Crippen LogP contribution is -2.12. The minimum absolute atomic E-state index is 0.0273. The summed E-state index contributed by atoms with van der Waals surface area (Å²) in [5, 5.41) is 3.66. The first-order chi connectivity index (χ1) is 16.9. The van der Waals surface area contributed by atoms with Crippen LogP contribution < -0.4 is 11.1 Å². The van der Waals surface area contributed by atoms with Crippen LogP contribution in [-0.4, -0.2) is 16.7 Å². The van der Waals surface area contributed by atoms with Gasteiger partial charge in [0.25, 0.3) is 5.91 Å². The fourth-order valence-electron chi connectivity index (χ4n) is 3.98. The molecule has 0 bridgehead atoms. The highest BCUT2D eigenvalue weighted by atomic mass is 32.1. The number of aromatic nitrogens is 1. The number of fused-ring (bicyclic) bond motifs is 1. The molecule has 2 heterocycles. The number of nitrogens with two attached hydrogens (primary N) is 1. The largest absolute Gasteiger partial charge is 0.397 e. The van der Waals surface area contributed by atoms with Crippen molar-refractivity contribution in [1.29, 1.82) is 0 Å². The van der Waals surface area contributed by atoms with E-state index < -0.39 is 0 Å². The van der Waals surface area contributed by atoms with E-state index in [0.717, 1.165) is 27.8 Å². The zero-order valence-corrected chi connectivity index (χ0v) is 20.1. The first kappa shape index (κ1) is 22.5. The summed E-state index contributed by atoms with van der Waals surface area (Å²) in [5.74, 6) is -0.336. The van der Waals surface area contributed by atoms with Gasteiger partial charge in [0.2, 0.25) is 0 Å². The molecule has 0 fully saturated rings. The Hall–Kier alpha value is -4.29. The van der Waals surface area contributed by atoms with Crippen LogP contribution in [0, 0.1) is 6.92 Å². The minimum Gasteiger partial charge on any atom is -0.397 e. The third-order valence-corrected chi connectivity index (χ3v) is 6.98. The van der Waals surface area contributed by atoms with Gasteiger partial charge in [0.1, 0.15) is 9.71 Å². The summed E-state index contributed by atoms with van der Waals surface area (Å²) in [7, 11) is 0. The molecule has 5 nitrogen and oxygen atoms in total. The van der Waals surface area contributed by atoms with Crippen LogP contribution in [0.1, 0.15) is 32.5 Å². The summed E-state index contributed by atoms with van der Waals surface area (Å²) in [6.07, 6.45) is 0. The molecule has 0 atom stereocenters. The predicted octanol–water partition coefficient (Wildman–Crippen LogP) is 6.98. The van der Waals surface area contributed by atoms with E-state index in [1.54, 1.807) is 24.3 Å². The Balaban J connectivity index is 1.61. The van der Waals surface area contributed by atoms with Crippen LogP contribution in [-0.2, 0) is 0 Å². The second-order valence-corrected chi connectivity index (χ2v) is 9.40. The standard InChI is InChI=1S/C29H23N3O2S/c1-17-8-10-21(11-9-17)24-16-23(20-6-4-3-5-7-20)25-26(30)27(35-29(25)32-24)28(34)31-22-14-12-19(13-15-22)18(2)33/h3-16H,30H2,1-2H3,(H,31,34). The van der Waals surface area contributed by atoms with Crippen LogP contribution in [0.4, 0.5) is 11.4 Å². The number of anilines is 2. The molecular formula is C29H23N3O2S. The number of nitrogens with one attached hydrogen (secondary N) is 1. The van der Waals surface area contributed by atoms with Crippen molar-refractivity contribution in [3.05, 3.63) is 101 Å². The first-order valence-corrected chi connectivity index (χ1v) is 12.0. The summed E-state index contributed by atoms with van der Waals surface area (Å²) in [6, 6.07) is 27.0. The van der Waals surface area contributed by atoms with Crippen LogP contribution in [0.25, 0.3) is 32.6 Å². The number of carbonyl (C=O) groups excluding carboxylic acids is 2. The second-order valence-electron chi connectivity index (χ2n) is 8.40. The summed E-state index contributed by atoms with van der Waals surface area (Å²) in [6.45, 7) is 3.56. The van der Waals surface area contributed by atoms with Gasteiger partial charge in [-0.25, -0.2) is 4.98 Å². The van der Waals surface area contributed by atoms with E-state index in [0.29, 0.717) is 26.6 Å². The van der Waals surface area contributed by atoms with Crippen molar-refractivity contribution in [2.75, 3.05) is 11.1 Å². The van der Waals surface area contributed by atoms with Gasteiger partial charge >= 0.3 is 0 Å². The highest BCUT2D eigenvalue weighted by Crippen LogP contribution is 2.41. The Kier molecular flexibility index (Phi) is 5.89. The number of pyridine rings is 1. The molecule has 0 radical (unpaired) electrons. The Bertz CT molecular complexity index is 1550. The number of Topliss-reactive ketones (excluding diaryl/α,β-unsaturated/α-hetero) is 1. The molecule has 0 unspecified atom stereocenters. The van der Waals surface area contributed by atoms with E-state index in [2.05, 4.69) is 17.4 Å². The Morgan fingerprint density at radius 3 is 2.23 bits per heavy atom. The highest BCUT2D eigenvalue weighted by molar-refractivity contribution is 7.21. The lowest BCUT2D eigenvalue weighted by atomic mass is 9.99. The smallest absolute Gasteiger partial charge is 0.267 e. The van der Waals surface area contributed by atoms with Crippen LogP contribution in [0.2, 0.25) is 0 Å². The van der Waals surface area contributed by atoms with Crippen molar-refractivity contribution >= 4 is 44.6 Å². The van der Waals surface area contributed by atoms with Crippen LogP contribution in [0.3, 0.4) is 0 Å². The van der Waals surface area contributed by atoms with Crippen molar-refractivity contribution in [1.82, 2.24) is 4.98 Å². The van der Waals surface area contributed by atoms with E-state index in [9.17, 15) is 9.59 Å². The summed E-state index contributed by atoms with van der Waals surface area (Å²) in [5.41, 5.74) is 13.1. The molecule has 1 amide bonds. The Morgan fingerprint density at radius 1 is 0.886 bits per heavy atom. The van der Waals surface area contributed by atoms with Gasteiger partial charge in [-0.3, -0.25) is 9.59 Å². The SMILES string of the molecule is CC(=O)c1ccc(NC(=O)c2sc3nc(-c4ccc(C)cc4)cc(-c4ccccc4)c3c2N)cc1. The maximum absolute atomic E-state index is 13.2. The van der Waals surface area contributed by atoms with Crippen molar-refractivity contribution in [2.24, 2.45) is 0 Å². The molecule has 0 saturated carbocycles. The normalized spacial score (nSPS) is 10.9. The van der Waals surface area contributed by atoms with E-state index in [-0.39, 0.29) is 11.7 Å². The van der Waals surface area contributed by atoms with E-state index >= 15 is 0 Å². The quantitative estimate of drug-likeness (QED) is 0.268. The second kappa shape index (κ2) is 9.16. The molecule has 6 heteroatoms. The maximum atomic E-state index is 13.2. The molecule has 0 aliphatic heterocycles. The van der Waals surface area contributed by atoms with Gasteiger partial charge in [-0.2, -0.15) is 0 Å². The number of thiophene rings is 1. The average molecular weight is 478 g/mol. The molecule has 5 rings (SSSR count). The predicted molar refractivity (Wildman–Crippen MR) is 144 cm³/mol. The number of nitrogen functional groups attached to an aromatic ring is 1. The van der Waals surface area contributed by atoms with Crippen molar-refractivity contribution in [2.45, 2.75) is 13.8 Å². The number of hydrogen-bond donors (Lipinski definition) is 2. The topological polar surface area (TPSA) is 85.1 Å². The number of aryl methyl sites for hydroxylation is 1. The Morgan fingerprint density at radius 2 is 1.57 bits per heavy atom. The number of ketones is 1. The molecule has 3 N–H and O–H groups in total. The first-order valence-electron chi connectivity index (χ1n) is 11.2. The van der Waals surface area contributed by atoms with Crippen molar-refractivity contribution < 1.29 is 9.59 Å². The third kappa shape index (κ3) is 4.44. The number of nitrogens with zero attached hydrogens (tertiary/aromatic N) is 1. The van der Waals surface area contributed by atoms with Gasteiger partial charge in [0.15, 0.2) is 5.78 Å². The molecule has 3 aromatic carbocycles. The lowest BCUT2D eigenvalue weighted by Gasteiger charge is -2.09. The van der Waals surface area contributed by atoms with E-state index in [1.807, 2.05) is 55.5 Å². The molecule has 0 saturated heterocycles. The molecule has 5 aromatic rings. The van der Waals surface area contributed by atoms with Crippen LogP contribution >= 0.6 is 11.3 Å². The molecule has 0 aliphatic carbocycles. The zero-order chi connectivity index (χ0) is 24.5. The molecule has 0 aliphatic rings. The van der Waals surface area contributed by atoms with Crippen molar-refractivity contribution in [3.8, 4) is 22.4 Å². The van der Waals surface area contributed by atoms with Gasteiger partial charge < -0.3 is 11.1 Å². The fourth-order valence-corrected chi connectivity index (χ4v) is 5.00. The van der Waals surface area contributed by atoms with Gasteiger partial charge in [-0.15, -0.1) is 11.3 Å². The van der Waals surface area contributed by atoms with Crippen LogP contribution in [0.5, 0.6) is 0 Å². The minimum atomic E-state index is -0.308. The highest BCUT2D eigenvalue weighted by Gasteiger charge is 2.22. The number of amides is 1. The summed E-state index contributed by atoms with van der Waals surface area (Å²) >= 11 is 1.28. The monoisotopic (exact) mass is 477 g/mol.